The average Bonchev–Trinajstić information content (AvgIpc) is 3.41. The van der Waals surface area contributed by atoms with Crippen molar-refractivity contribution in [1.82, 2.24) is 19.7 Å². The number of nitrogens with zero attached hydrogens (tertiary/aromatic N) is 4. The van der Waals surface area contributed by atoms with E-state index in [0.717, 1.165) is 34.3 Å². The van der Waals surface area contributed by atoms with E-state index in [2.05, 4.69) is 20.5 Å². The molecule has 2 aromatic heterocycles. The van der Waals surface area contributed by atoms with E-state index in [1.165, 1.54) is 23.1 Å². The van der Waals surface area contributed by atoms with Gasteiger partial charge in [-0.05, 0) is 24.6 Å². The molecule has 0 radical (unpaired) electrons. The molecule has 0 aliphatic heterocycles. The van der Waals surface area contributed by atoms with E-state index >= 15 is 0 Å². The smallest absolute Gasteiger partial charge is 0.236 e. The summed E-state index contributed by atoms with van der Waals surface area (Å²) in [4.78, 5) is 16.9. The molecule has 2 heterocycles. The van der Waals surface area contributed by atoms with E-state index in [1.807, 2.05) is 71.5 Å². The molecule has 0 aliphatic rings. The SMILES string of the molecule is CCn1c(Cc2ccc(Cl)cc2)nnc1SCC(=O)Nc1nc(-c2ccccc2)cs1. The Labute approximate surface area is 193 Å². The molecule has 9 heteroatoms. The monoisotopic (exact) mass is 469 g/mol. The number of amides is 1. The van der Waals surface area contributed by atoms with E-state index in [0.29, 0.717) is 16.6 Å². The van der Waals surface area contributed by atoms with Crippen LogP contribution in [-0.2, 0) is 17.8 Å². The lowest BCUT2D eigenvalue weighted by Crippen LogP contribution is -2.14. The largest absolute Gasteiger partial charge is 0.306 e. The summed E-state index contributed by atoms with van der Waals surface area (Å²) in [5.74, 6) is 0.975. The van der Waals surface area contributed by atoms with Crippen LogP contribution in [0.4, 0.5) is 5.13 Å². The maximum Gasteiger partial charge on any atom is 0.236 e. The summed E-state index contributed by atoms with van der Waals surface area (Å²) in [5, 5.41) is 15.4. The highest BCUT2D eigenvalue weighted by molar-refractivity contribution is 7.99. The molecule has 1 amide bonds. The number of thioether (sulfide) groups is 1. The molecule has 0 unspecified atom stereocenters. The zero-order chi connectivity index (χ0) is 21.6. The summed E-state index contributed by atoms with van der Waals surface area (Å²) in [6.45, 7) is 2.77. The molecule has 0 spiro atoms. The van der Waals surface area contributed by atoms with Gasteiger partial charge in [-0.15, -0.1) is 21.5 Å². The van der Waals surface area contributed by atoms with Gasteiger partial charge in [0, 0.05) is 28.9 Å². The number of nitrogens with one attached hydrogen (secondary N) is 1. The van der Waals surface area contributed by atoms with E-state index in [4.69, 9.17) is 11.6 Å². The summed E-state index contributed by atoms with van der Waals surface area (Å²) < 4.78 is 2.03. The van der Waals surface area contributed by atoms with Gasteiger partial charge in [0.25, 0.3) is 0 Å². The minimum atomic E-state index is -0.121. The average molecular weight is 470 g/mol. The van der Waals surface area contributed by atoms with Crippen LogP contribution in [0, 0.1) is 0 Å². The predicted molar refractivity (Wildman–Crippen MR) is 127 cm³/mol. The Morgan fingerprint density at radius 3 is 2.65 bits per heavy atom. The number of hydrogen-bond donors (Lipinski definition) is 1. The molecule has 0 saturated carbocycles. The van der Waals surface area contributed by atoms with Crippen molar-refractivity contribution in [3.8, 4) is 11.3 Å². The number of aromatic nitrogens is 4. The van der Waals surface area contributed by atoms with Gasteiger partial charge in [0.2, 0.25) is 5.91 Å². The van der Waals surface area contributed by atoms with Gasteiger partial charge in [-0.2, -0.15) is 0 Å². The maximum absolute atomic E-state index is 12.4. The Kier molecular flexibility index (Phi) is 7.01. The van der Waals surface area contributed by atoms with Crippen molar-refractivity contribution in [3.63, 3.8) is 0 Å². The van der Waals surface area contributed by atoms with Crippen LogP contribution < -0.4 is 5.32 Å². The van der Waals surface area contributed by atoms with Gasteiger partial charge in [0.15, 0.2) is 10.3 Å². The third kappa shape index (κ3) is 5.52. The Hall–Kier alpha value is -2.68. The first-order valence-electron chi connectivity index (χ1n) is 9.72. The molecule has 31 heavy (non-hydrogen) atoms. The second-order valence-electron chi connectivity index (χ2n) is 6.69. The van der Waals surface area contributed by atoms with Crippen molar-refractivity contribution in [3.05, 3.63) is 76.4 Å². The van der Waals surface area contributed by atoms with E-state index in [-0.39, 0.29) is 11.7 Å². The fraction of sp³-hybridized carbons (Fsp3) is 0.182. The van der Waals surface area contributed by atoms with Crippen LogP contribution in [0.25, 0.3) is 11.3 Å². The molecule has 4 rings (SSSR count). The Balaban J connectivity index is 1.35. The number of hydrogen-bond acceptors (Lipinski definition) is 6. The topological polar surface area (TPSA) is 72.7 Å². The predicted octanol–water partition coefficient (Wildman–Crippen LogP) is 5.40. The van der Waals surface area contributed by atoms with E-state index < -0.39 is 0 Å². The number of anilines is 1. The van der Waals surface area contributed by atoms with Crippen LogP contribution in [0.5, 0.6) is 0 Å². The van der Waals surface area contributed by atoms with Crippen molar-refractivity contribution in [2.24, 2.45) is 0 Å². The lowest BCUT2D eigenvalue weighted by molar-refractivity contribution is -0.113. The molecule has 6 nitrogen and oxygen atoms in total. The number of halogens is 1. The molecular weight excluding hydrogens is 450 g/mol. The van der Waals surface area contributed by atoms with Crippen molar-refractivity contribution in [2.75, 3.05) is 11.1 Å². The van der Waals surface area contributed by atoms with Gasteiger partial charge in [0.05, 0.1) is 11.4 Å². The lowest BCUT2D eigenvalue weighted by atomic mass is 10.1. The zero-order valence-corrected chi connectivity index (χ0v) is 19.2. The van der Waals surface area contributed by atoms with E-state index in [9.17, 15) is 4.79 Å². The second-order valence-corrected chi connectivity index (χ2v) is 8.92. The molecule has 0 atom stereocenters. The lowest BCUT2D eigenvalue weighted by Gasteiger charge is -2.07. The van der Waals surface area contributed by atoms with Crippen molar-refractivity contribution in [2.45, 2.75) is 25.0 Å². The van der Waals surface area contributed by atoms with Gasteiger partial charge >= 0.3 is 0 Å². The quantitative estimate of drug-likeness (QED) is 0.350. The second kappa shape index (κ2) is 10.1. The van der Waals surface area contributed by atoms with Crippen LogP contribution in [0.15, 0.2) is 65.1 Å². The van der Waals surface area contributed by atoms with Gasteiger partial charge in [0.1, 0.15) is 5.82 Å². The highest BCUT2D eigenvalue weighted by atomic mass is 35.5. The summed E-state index contributed by atoms with van der Waals surface area (Å²) >= 11 is 8.74. The first kappa shape index (κ1) is 21.5. The summed E-state index contributed by atoms with van der Waals surface area (Å²) in [5.41, 5.74) is 2.99. The summed E-state index contributed by atoms with van der Waals surface area (Å²) in [6, 6.07) is 17.6. The highest BCUT2D eigenvalue weighted by Gasteiger charge is 2.14. The summed E-state index contributed by atoms with van der Waals surface area (Å²) in [7, 11) is 0. The molecule has 4 aromatic rings. The Bertz CT molecular complexity index is 1160. The first-order chi connectivity index (χ1) is 15.1. The number of thiazole rings is 1. The maximum atomic E-state index is 12.4. The number of benzene rings is 2. The van der Waals surface area contributed by atoms with Crippen molar-refractivity contribution in [1.29, 1.82) is 0 Å². The van der Waals surface area contributed by atoms with E-state index in [1.54, 1.807) is 0 Å². The fourth-order valence-electron chi connectivity index (χ4n) is 3.02. The molecule has 1 N–H and O–H groups in total. The van der Waals surface area contributed by atoms with Crippen LogP contribution in [0.1, 0.15) is 18.3 Å². The fourth-order valence-corrected chi connectivity index (χ4v) is 4.70. The third-order valence-electron chi connectivity index (χ3n) is 4.54. The van der Waals surface area contributed by atoms with Crippen LogP contribution in [0.2, 0.25) is 5.02 Å². The van der Waals surface area contributed by atoms with Crippen molar-refractivity contribution >= 4 is 45.7 Å². The van der Waals surface area contributed by atoms with Crippen LogP contribution >= 0.6 is 34.7 Å². The molecule has 2 aromatic carbocycles. The van der Waals surface area contributed by atoms with Gasteiger partial charge in [-0.1, -0.05) is 65.8 Å². The minimum Gasteiger partial charge on any atom is -0.306 e. The standard InChI is InChI=1S/C22H20ClN5OS2/c1-2-28-19(12-15-8-10-17(23)11-9-15)26-27-22(28)31-14-20(29)25-21-24-18(13-30-21)16-6-4-3-5-7-16/h3-11,13H,2,12,14H2,1H3,(H,24,25,29). The minimum absolute atomic E-state index is 0.121. The van der Waals surface area contributed by atoms with Gasteiger partial charge < -0.3 is 9.88 Å². The molecule has 0 aliphatic carbocycles. The van der Waals surface area contributed by atoms with Gasteiger partial charge in [-0.3, -0.25) is 4.79 Å². The number of rotatable bonds is 8. The Morgan fingerprint density at radius 1 is 1.13 bits per heavy atom. The zero-order valence-electron chi connectivity index (χ0n) is 16.8. The van der Waals surface area contributed by atoms with Gasteiger partial charge in [-0.25, -0.2) is 4.98 Å². The molecule has 0 fully saturated rings. The van der Waals surface area contributed by atoms with Crippen LogP contribution in [0.3, 0.4) is 0 Å². The third-order valence-corrected chi connectivity index (χ3v) is 6.51. The normalized spacial score (nSPS) is 10.9. The molecular formula is C22H20ClN5OS2. The molecule has 0 bridgehead atoms. The van der Waals surface area contributed by atoms with Crippen molar-refractivity contribution < 1.29 is 4.79 Å². The number of carbonyl (C=O) groups excluding carboxylic acids is 1. The Morgan fingerprint density at radius 2 is 1.90 bits per heavy atom. The van der Waals surface area contributed by atoms with Crippen LogP contribution in [-0.4, -0.2) is 31.4 Å². The molecule has 158 valence electrons. The number of carbonyl (C=O) groups is 1. The summed E-state index contributed by atoms with van der Waals surface area (Å²) in [6.07, 6.45) is 0.659. The highest BCUT2D eigenvalue weighted by Crippen LogP contribution is 2.25. The first-order valence-corrected chi connectivity index (χ1v) is 12.0. The molecule has 0 saturated heterocycles.